The van der Waals surface area contributed by atoms with E-state index in [4.69, 9.17) is 5.11 Å². The number of carboxylic acids is 1. The summed E-state index contributed by atoms with van der Waals surface area (Å²) in [4.78, 5) is 33.0. The molecule has 0 radical (unpaired) electrons. The zero-order valence-electron chi connectivity index (χ0n) is 10.1. The number of carbonyl (C=O) groups is 1. The summed E-state index contributed by atoms with van der Waals surface area (Å²) in [6.45, 7) is 1.89. The van der Waals surface area contributed by atoms with Gasteiger partial charge in [-0.15, -0.1) is 0 Å². The van der Waals surface area contributed by atoms with Crippen LogP contribution in [0.1, 0.15) is 23.0 Å². The van der Waals surface area contributed by atoms with Crippen LogP contribution in [0.4, 0.5) is 0 Å². The summed E-state index contributed by atoms with van der Waals surface area (Å²) in [5.74, 6) is -1.01. The topological polar surface area (TPSA) is 95.9 Å². The van der Waals surface area contributed by atoms with Gasteiger partial charge in [0.25, 0.3) is 5.56 Å². The number of nitrogens with one attached hydrogen (secondary N) is 1. The van der Waals surface area contributed by atoms with E-state index in [1.807, 2.05) is 6.92 Å². The van der Waals surface area contributed by atoms with Gasteiger partial charge in [-0.2, -0.15) is 0 Å². The van der Waals surface area contributed by atoms with Crippen molar-refractivity contribution in [2.45, 2.75) is 23.5 Å². The minimum absolute atomic E-state index is 0.174. The molecule has 0 aromatic carbocycles. The van der Waals surface area contributed by atoms with Gasteiger partial charge in [0.2, 0.25) is 0 Å². The maximum Gasteiger partial charge on any atom is 0.335 e. The van der Waals surface area contributed by atoms with Crippen LogP contribution < -0.4 is 5.56 Å². The molecule has 0 aliphatic heterocycles. The van der Waals surface area contributed by atoms with Crippen LogP contribution in [0.15, 0.2) is 39.4 Å². The van der Waals surface area contributed by atoms with Crippen molar-refractivity contribution in [3.05, 3.63) is 46.0 Å². The van der Waals surface area contributed by atoms with Gasteiger partial charge in [0.05, 0.1) is 5.56 Å². The fourth-order valence-corrected chi connectivity index (χ4v) is 2.23. The molecule has 0 spiro atoms. The van der Waals surface area contributed by atoms with Crippen molar-refractivity contribution in [3.63, 3.8) is 0 Å². The Morgan fingerprint density at radius 2 is 2.26 bits per heavy atom. The number of aromatic carboxylic acids is 1. The highest BCUT2D eigenvalue weighted by Crippen LogP contribution is 2.23. The summed E-state index contributed by atoms with van der Waals surface area (Å²) in [7, 11) is 0. The number of aromatic nitrogens is 3. The van der Waals surface area contributed by atoms with Crippen LogP contribution in [0.25, 0.3) is 0 Å². The number of aromatic amines is 1. The second-order valence-electron chi connectivity index (χ2n) is 3.69. The fourth-order valence-electron chi connectivity index (χ4n) is 1.42. The molecule has 2 heterocycles. The highest BCUT2D eigenvalue weighted by Gasteiger charge is 2.09. The lowest BCUT2D eigenvalue weighted by Gasteiger charge is -2.04. The van der Waals surface area contributed by atoms with Gasteiger partial charge in [0.15, 0.2) is 5.16 Å². The molecule has 19 heavy (non-hydrogen) atoms. The predicted octanol–water partition coefficient (Wildman–Crippen LogP) is 1.58. The third-order valence-electron chi connectivity index (χ3n) is 2.31. The van der Waals surface area contributed by atoms with Crippen LogP contribution in [-0.2, 0) is 6.42 Å². The lowest BCUT2D eigenvalue weighted by atomic mass is 10.2. The normalized spacial score (nSPS) is 10.4. The van der Waals surface area contributed by atoms with Crippen molar-refractivity contribution in [2.24, 2.45) is 0 Å². The molecule has 0 aliphatic rings. The van der Waals surface area contributed by atoms with E-state index in [9.17, 15) is 9.59 Å². The second-order valence-corrected chi connectivity index (χ2v) is 4.69. The van der Waals surface area contributed by atoms with Crippen molar-refractivity contribution in [3.8, 4) is 0 Å². The first kappa shape index (κ1) is 13.3. The number of hydrogen-bond acceptors (Lipinski definition) is 5. The first-order valence-corrected chi connectivity index (χ1v) is 6.37. The van der Waals surface area contributed by atoms with Gasteiger partial charge < -0.3 is 10.1 Å². The monoisotopic (exact) mass is 277 g/mol. The van der Waals surface area contributed by atoms with Crippen LogP contribution in [-0.4, -0.2) is 26.0 Å². The molecular weight excluding hydrogens is 266 g/mol. The van der Waals surface area contributed by atoms with Gasteiger partial charge in [0.1, 0.15) is 5.03 Å². The lowest BCUT2D eigenvalue weighted by Crippen LogP contribution is -2.06. The number of aryl methyl sites for hydroxylation is 1. The van der Waals surface area contributed by atoms with E-state index < -0.39 is 5.97 Å². The quantitative estimate of drug-likeness (QED) is 0.824. The molecule has 2 aromatic rings. The molecule has 0 atom stereocenters. The molecule has 6 nitrogen and oxygen atoms in total. The number of nitrogens with zero attached hydrogens (tertiary/aromatic N) is 2. The molecule has 7 heteroatoms. The standard InChI is InChI=1S/C12H11N3O3S/c1-2-8-5-7(11(17)18)6-10(14-8)19-12-13-4-3-9(16)15-12/h3-6H,2H2,1H3,(H,17,18)(H,13,15,16). The zero-order valence-corrected chi connectivity index (χ0v) is 10.9. The third kappa shape index (κ3) is 3.41. The van der Waals surface area contributed by atoms with E-state index in [1.54, 1.807) is 0 Å². The van der Waals surface area contributed by atoms with Gasteiger partial charge >= 0.3 is 5.97 Å². The summed E-state index contributed by atoms with van der Waals surface area (Å²) >= 11 is 1.12. The van der Waals surface area contributed by atoms with Crippen LogP contribution in [0.5, 0.6) is 0 Å². The molecule has 2 N–H and O–H groups in total. The summed E-state index contributed by atoms with van der Waals surface area (Å²) < 4.78 is 0. The van der Waals surface area contributed by atoms with E-state index in [-0.39, 0.29) is 11.1 Å². The minimum atomic E-state index is -1.01. The molecule has 98 valence electrons. The fraction of sp³-hybridized carbons (Fsp3) is 0.167. The maximum atomic E-state index is 11.2. The lowest BCUT2D eigenvalue weighted by molar-refractivity contribution is 0.0696. The van der Waals surface area contributed by atoms with E-state index in [1.165, 1.54) is 24.4 Å². The smallest absolute Gasteiger partial charge is 0.335 e. The molecule has 2 aromatic heterocycles. The Kier molecular flexibility index (Phi) is 3.96. The highest BCUT2D eigenvalue weighted by molar-refractivity contribution is 7.99. The minimum Gasteiger partial charge on any atom is -0.478 e. The summed E-state index contributed by atoms with van der Waals surface area (Å²) in [6, 6.07) is 4.30. The first-order chi connectivity index (χ1) is 9.08. The largest absolute Gasteiger partial charge is 0.478 e. The summed E-state index contributed by atoms with van der Waals surface area (Å²) in [5.41, 5.74) is 0.593. The molecule has 0 amide bonds. The van der Waals surface area contributed by atoms with E-state index >= 15 is 0 Å². The number of rotatable bonds is 4. The van der Waals surface area contributed by atoms with Gasteiger partial charge in [-0.3, -0.25) is 4.79 Å². The number of H-pyrrole nitrogens is 1. The molecule has 2 rings (SSSR count). The molecule has 0 fully saturated rings. The average Bonchev–Trinajstić information content (AvgIpc) is 2.38. The van der Waals surface area contributed by atoms with Crippen LogP contribution >= 0.6 is 11.8 Å². The Labute approximate surface area is 112 Å². The number of hydrogen-bond donors (Lipinski definition) is 2. The average molecular weight is 277 g/mol. The number of carboxylic acid groups (broad SMARTS) is 1. The Bertz CT molecular complexity index is 669. The second kappa shape index (κ2) is 5.66. The van der Waals surface area contributed by atoms with Crippen molar-refractivity contribution >= 4 is 17.7 Å². The van der Waals surface area contributed by atoms with E-state index in [0.717, 1.165) is 11.8 Å². The Hall–Kier alpha value is -2.15. The van der Waals surface area contributed by atoms with Crippen molar-refractivity contribution < 1.29 is 9.90 Å². The van der Waals surface area contributed by atoms with Crippen LogP contribution in [0.2, 0.25) is 0 Å². The molecular formula is C12H11N3O3S. The molecule has 0 saturated heterocycles. The van der Waals surface area contributed by atoms with Crippen molar-refractivity contribution in [2.75, 3.05) is 0 Å². The molecule has 0 bridgehead atoms. The predicted molar refractivity (Wildman–Crippen MR) is 69.6 cm³/mol. The van der Waals surface area contributed by atoms with E-state index in [2.05, 4.69) is 15.0 Å². The van der Waals surface area contributed by atoms with Crippen LogP contribution in [0.3, 0.4) is 0 Å². The first-order valence-electron chi connectivity index (χ1n) is 5.56. The summed E-state index contributed by atoms with van der Waals surface area (Å²) in [6.07, 6.45) is 2.02. The van der Waals surface area contributed by atoms with Gasteiger partial charge in [0, 0.05) is 18.0 Å². The Morgan fingerprint density at radius 1 is 1.47 bits per heavy atom. The molecule has 0 aliphatic carbocycles. The molecule has 0 unspecified atom stereocenters. The SMILES string of the molecule is CCc1cc(C(=O)O)cc(Sc2nccc(=O)[nH]2)n1. The van der Waals surface area contributed by atoms with Gasteiger partial charge in [-0.1, -0.05) is 6.92 Å². The van der Waals surface area contributed by atoms with E-state index in [0.29, 0.717) is 22.3 Å². The highest BCUT2D eigenvalue weighted by atomic mass is 32.2. The molecule has 0 saturated carbocycles. The zero-order chi connectivity index (χ0) is 13.8. The van der Waals surface area contributed by atoms with Crippen molar-refractivity contribution in [1.82, 2.24) is 15.0 Å². The van der Waals surface area contributed by atoms with Crippen molar-refractivity contribution in [1.29, 1.82) is 0 Å². The van der Waals surface area contributed by atoms with Gasteiger partial charge in [-0.05, 0) is 30.3 Å². The number of pyridine rings is 1. The van der Waals surface area contributed by atoms with Gasteiger partial charge in [-0.25, -0.2) is 14.8 Å². The summed E-state index contributed by atoms with van der Waals surface area (Å²) in [5, 5.41) is 9.90. The Morgan fingerprint density at radius 3 is 2.89 bits per heavy atom. The maximum absolute atomic E-state index is 11.2. The Balaban J connectivity index is 2.36. The third-order valence-corrected chi connectivity index (χ3v) is 3.13. The van der Waals surface area contributed by atoms with Crippen LogP contribution in [0, 0.1) is 0 Å².